The SMILES string of the molecule is CCOC(=O)C(C)Sc1ccc(F)cc1. The van der Waals surface area contributed by atoms with E-state index in [2.05, 4.69) is 0 Å². The van der Waals surface area contributed by atoms with E-state index in [9.17, 15) is 9.18 Å². The summed E-state index contributed by atoms with van der Waals surface area (Å²) < 4.78 is 17.5. The maximum atomic E-state index is 12.6. The van der Waals surface area contributed by atoms with E-state index in [4.69, 9.17) is 4.74 Å². The Bertz CT molecular complexity index is 324. The van der Waals surface area contributed by atoms with Gasteiger partial charge in [-0.15, -0.1) is 11.8 Å². The van der Waals surface area contributed by atoms with Gasteiger partial charge >= 0.3 is 5.97 Å². The number of thioether (sulfide) groups is 1. The average Bonchev–Trinajstić information content (AvgIpc) is 2.22. The number of esters is 1. The molecule has 1 atom stereocenters. The van der Waals surface area contributed by atoms with Crippen LogP contribution >= 0.6 is 11.8 Å². The first kappa shape index (κ1) is 12.0. The van der Waals surface area contributed by atoms with E-state index in [-0.39, 0.29) is 17.0 Å². The quantitative estimate of drug-likeness (QED) is 0.585. The van der Waals surface area contributed by atoms with E-state index in [0.29, 0.717) is 6.61 Å². The molecule has 0 N–H and O–H groups in total. The standard InChI is InChI=1S/C11H13FO2S/c1-3-14-11(13)8(2)15-10-6-4-9(12)5-7-10/h4-8H,3H2,1-2H3. The number of hydrogen-bond donors (Lipinski definition) is 0. The third-order valence-corrected chi connectivity index (χ3v) is 2.84. The molecule has 0 aliphatic carbocycles. The number of carbonyl (C=O) groups excluding carboxylic acids is 1. The highest BCUT2D eigenvalue weighted by Gasteiger charge is 2.14. The first-order valence-electron chi connectivity index (χ1n) is 4.72. The van der Waals surface area contributed by atoms with Crippen LogP contribution in [0.2, 0.25) is 0 Å². The van der Waals surface area contributed by atoms with Gasteiger partial charge in [-0.1, -0.05) is 0 Å². The minimum atomic E-state index is -0.275. The molecule has 15 heavy (non-hydrogen) atoms. The average molecular weight is 228 g/mol. The number of benzene rings is 1. The fraction of sp³-hybridized carbons (Fsp3) is 0.364. The first-order valence-corrected chi connectivity index (χ1v) is 5.60. The molecule has 0 fully saturated rings. The predicted octanol–water partition coefficient (Wildman–Crippen LogP) is 2.87. The molecule has 1 aromatic rings. The summed E-state index contributed by atoms with van der Waals surface area (Å²) >= 11 is 1.36. The van der Waals surface area contributed by atoms with Crippen LogP contribution in [0.25, 0.3) is 0 Å². The second-order valence-corrected chi connectivity index (χ2v) is 4.38. The van der Waals surface area contributed by atoms with Crippen LogP contribution in [0.3, 0.4) is 0 Å². The second kappa shape index (κ2) is 5.75. The first-order chi connectivity index (χ1) is 7.13. The summed E-state index contributed by atoms with van der Waals surface area (Å²) in [7, 11) is 0. The van der Waals surface area contributed by atoms with E-state index < -0.39 is 0 Å². The number of hydrogen-bond acceptors (Lipinski definition) is 3. The largest absolute Gasteiger partial charge is 0.465 e. The van der Waals surface area contributed by atoms with E-state index >= 15 is 0 Å². The number of ether oxygens (including phenoxy) is 1. The lowest BCUT2D eigenvalue weighted by Crippen LogP contribution is -2.16. The predicted molar refractivity (Wildman–Crippen MR) is 58.4 cm³/mol. The molecule has 0 saturated carbocycles. The minimum absolute atomic E-state index is 0.244. The van der Waals surface area contributed by atoms with Gasteiger partial charge in [0.05, 0.1) is 6.61 Å². The lowest BCUT2D eigenvalue weighted by molar-refractivity contribution is -0.142. The molecule has 1 unspecified atom stereocenters. The second-order valence-electron chi connectivity index (χ2n) is 2.97. The summed E-state index contributed by atoms with van der Waals surface area (Å²) in [6, 6.07) is 6.05. The smallest absolute Gasteiger partial charge is 0.319 e. The highest BCUT2D eigenvalue weighted by Crippen LogP contribution is 2.23. The van der Waals surface area contributed by atoms with E-state index in [1.54, 1.807) is 26.0 Å². The van der Waals surface area contributed by atoms with Gasteiger partial charge < -0.3 is 4.74 Å². The van der Waals surface area contributed by atoms with Gasteiger partial charge in [0.15, 0.2) is 0 Å². The maximum absolute atomic E-state index is 12.6. The molecule has 2 nitrogen and oxygen atoms in total. The molecule has 4 heteroatoms. The van der Waals surface area contributed by atoms with Gasteiger partial charge in [0.2, 0.25) is 0 Å². The van der Waals surface area contributed by atoms with Crippen molar-refractivity contribution in [3.8, 4) is 0 Å². The lowest BCUT2D eigenvalue weighted by atomic mass is 10.3. The lowest BCUT2D eigenvalue weighted by Gasteiger charge is -2.09. The fourth-order valence-electron chi connectivity index (χ4n) is 1.03. The Kier molecular flexibility index (Phi) is 4.62. The molecular weight excluding hydrogens is 215 g/mol. The van der Waals surface area contributed by atoms with Gasteiger partial charge in [0.25, 0.3) is 0 Å². The molecule has 0 saturated heterocycles. The summed E-state index contributed by atoms with van der Waals surface area (Å²) in [5, 5.41) is -0.268. The molecule has 0 amide bonds. The van der Waals surface area contributed by atoms with Gasteiger partial charge in [-0.2, -0.15) is 0 Å². The maximum Gasteiger partial charge on any atom is 0.319 e. The zero-order valence-electron chi connectivity index (χ0n) is 8.70. The fourth-order valence-corrected chi connectivity index (χ4v) is 1.89. The summed E-state index contributed by atoms with van der Waals surface area (Å²) in [5.41, 5.74) is 0. The normalized spacial score (nSPS) is 12.2. The summed E-state index contributed by atoms with van der Waals surface area (Å²) in [6.45, 7) is 3.92. The Labute approximate surface area is 92.8 Å². The van der Waals surface area contributed by atoms with Crippen molar-refractivity contribution < 1.29 is 13.9 Å². The van der Waals surface area contributed by atoms with Crippen LogP contribution in [0.1, 0.15) is 13.8 Å². The molecule has 0 bridgehead atoms. The zero-order chi connectivity index (χ0) is 11.3. The Morgan fingerprint density at radius 2 is 2.07 bits per heavy atom. The van der Waals surface area contributed by atoms with Crippen LogP contribution < -0.4 is 0 Å². The highest BCUT2D eigenvalue weighted by molar-refractivity contribution is 8.00. The van der Waals surface area contributed by atoms with Crippen molar-refractivity contribution in [3.63, 3.8) is 0 Å². The molecule has 1 aromatic carbocycles. The molecule has 0 heterocycles. The Morgan fingerprint density at radius 3 is 2.60 bits per heavy atom. The van der Waals surface area contributed by atoms with Crippen molar-refractivity contribution >= 4 is 17.7 Å². The van der Waals surface area contributed by atoms with Gasteiger partial charge in [-0.3, -0.25) is 4.79 Å². The van der Waals surface area contributed by atoms with Crippen LogP contribution in [-0.4, -0.2) is 17.8 Å². The molecule has 82 valence electrons. The van der Waals surface area contributed by atoms with Gasteiger partial charge in [0.1, 0.15) is 11.1 Å². The third kappa shape index (κ3) is 3.91. The van der Waals surface area contributed by atoms with E-state index in [1.165, 1.54) is 23.9 Å². The topological polar surface area (TPSA) is 26.3 Å². The van der Waals surface area contributed by atoms with Gasteiger partial charge in [-0.05, 0) is 38.1 Å². The van der Waals surface area contributed by atoms with Crippen LogP contribution in [-0.2, 0) is 9.53 Å². The third-order valence-electron chi connectivity index (χ3n) is 1.75. The van der Waals surface area contributed by atoms with Crippen molar-refractivity contribution in [1.29, 1.82) is 0 Å². The highest BCUT2D eigenvalue weighted by atomic mass is 32.2. The molecule has 0 aliphatic rings. The molecular formula is C11H13FO2S. The summed E-state index contributed by atoms with van der Waals surface area (Å²) in [5.74, 6) is -0.519. The summed E-state index contributed by atoms with van der Waals surface area (Å²) in [6.07, 6.45) is 0. The Morgan fingerprint density at radius 1 is 1.47 bits per heavy atom. The van der Waals surface area contributed by atoms with Crippen LogP contribution in [0.5, 0.6) is 0 Å². The van der Waals surface area contributed by atoms with Crippen molar-refractivity contribution in [3.05, 3.63) is 30.1 Å². The van der Waals surface area contributed by atoms with Crippen LogP contribution in [0, 0.1) is 5.82 Å². The molecule has 0 aromatic heterocycles. The van der Waals surface area contributed by atoms with Crippen molar-refractivity contribution in [2.45, 2.75) is 24.0 Å². The van der Waals surface area contributed by atoms with Gasteiger partial charge in [0, 0.05) is 4.90 Å². The number of rotatable bonds is 4. The van der Waals surface area contributed by atoms with Crippen molar-refractivity contribution in [2.75, 3.05) is 6.61 Å². The number of halogens is 1. The van der Waals surface area contributed by atoms with Gasteiger partial charge in [-0.25, -0.2) is 4.39 Å². The minimum Gasteiger partial charge on any atom is -0.465 e. The monoisotopic (exact) mass is 228 g/mol. The van der Waals surface area contributed by atoms with E-state index in [1.807, 2.05) is 0 Å². The zero-order valence-corrected chi connectivity index (χ0v) is 9.51. The molecule has 0 spiro atoms. The Hall–Kier alpha value is -1.03. The van der Waals surface area contributed by atoms with Crippen LogP contribution in [0.15, 0.2) is 29.2 Å². The molecule has 0 aliphatic heterocycles. The summed E-state index contributed by atoms with van der Waals surface area (Å²) in [4.78, 5) is 12.2. The van der Waals surface area contributed by atoms with Crippen molar-refractivity contribution in [2.24, 2.45) is 0 Å². The molecule has 1 rings (SSSR count). The number of carbonyl (C=O) groups is 1. The van der Waals surface area contributed by atoms with E-state index in [0.717, 1.165) is 4.90 Å². The van der Waals surface area contributed by atoms with Crippen LogP contribution in [0.4, 0.5) is 4.39 Å². The Balaban J connectivity index is 2.54. The van der Waals surface area contributed by atoms with Crippen molar-refractivity contribution in [1.82, 2.24) is 0 Å². The molecule has 0 radical (unpaired) electrons.